The highest BCUT2D eigenvalue weighted by Gasteiger charge is 2.20. The molecule has 1 fully saturated rings. The first-order valence-corrected chi connectivity index (χ1v) is 8.23. The van der Waals surface area contributed by atoms with Gasteiger partial charge in [-0.15, -0.1) is 0 Å². The first-order valence-electron chi connectivity index (χ1n) is 8.23. The van der Waals surface area contributed by atoms with E-state index in [4.69, 9.17) is 0 Å². The number of carbonyl (C=O) groups excluding carboxylic acids is 1. The molecule has 1 heterocycles. The zero-order valence-corrected chi connectivity index (χ0v) is 13.2. The third-order valence-electron chi connectivity index (χ3n) is 4.43. The molecule has 1 aliphatic carbocycles. The lowest BCUT2D eigenvalue weighted by atomic mass is 9.87. The van der Waals surface area contributed by atoms with Crippen LogP contribution in [-0.2, 0) is 6.54 Å². The van der Waals surface area contributed by atoms with Crippen molar-refractivity contribution in [3.05, 3.63) is 53.9 Å². The summed E-state index contributed by atoms with van der Waals surface area (Å²) in [6.45, 7) is 1.35. The van der Waals surface area contributed by atoms with Gasteiger partial charge in [-0.2, -0.15) is 5.10 Å². The van der Waals surface area contributed by atoms with Crippen LogP contribution in [0.2, 0.25) is 0 Å². The van der Waals surface area contributed by atoms with Crippen molar-refractivity contribution in [1.29, 1.82) is 0 Å². The van der Waals surface area contributed by atoms with E-state index >= 15 is 0 Å². The average molecular weight is 313 g/mol. The molecule has 5 nitrogen and oxygen atoms in total. The number of aliphatic hydroxyl groups excluding tert-OH is 1. The Balaban J connectivity index is 1.51. The maximum Gasteiger partial charge on any atom is 0.251 e. The summed E-state index contributed by atoms with van der Waals surface area (Å²) in [5.41, 5.74) is 1.78. The molecule has 2 aromatic rings. The summed E-state index contributed by atoms with van der Waals surface area (Å²) in [5, 5.41) is 16.8. The summed E-state index contributed by atoms with van der Waals surface area (Å²) in [4.78, 5) is 12.2. The van der Waals surface area contributed by atoms with E-state index in [1.807, 2.05) is 41.2 Å². The highest BCUT2D eigenvalue weighted by molar-refractivity contribution is 5.94. The second-order valence-electron chi connectivity index (χ2n) is 6.30. The first kappa shape index (κ1) is 15.7. The molecule has 1 aromatic carbocycles. The molecule has 3 rings (SSSR count). The lowest BCUT2D eigenvalue weighted by molar-refractivity contribution is 0.0874. The molecule has 1 aromatic heterocycles. The van der Waals surface area contributed by atoms with Crippen LogP contribution in [0.5, 0.6) is 0 Å². The Labute approximate surface area is 136 Å². The van der Waals surface area contributed by atoms with Gasteiger partial charge in [-0.25, -0.2) is 0 Å². The molecule has 0 aliphatic heterocycles. The average Bonchev–Trinajstić information content (AvgIpc) is 3.06. The van der Waals surface area contributed by atoms with E-state index < -0.39 is 0 Å². The van der Waals surface area contributed by atoms with Gasteiger partial charge in [0, 0.05) is 24.5 Å². The standard InChI is InChI=1S/C18H23N3O2/c22-17-4-1-3-15(11-17)12-19-18(23)16-7-5-14(6-8-16)13-21-10-2-9-20-21/h2,5-10,15,17,22H,1,3-4,11-13H2,(H,19,23). The van der Waals surface area contributed by atoms with Crippen molar-refractivity contribution in [1.82, 2.24) is 15.1 Å². The van der Waals surface area contributed by atoms with Gasteiger partial charge in [0.25, 0.3) is 5.91 Å². The van der Waals surface area contributed by atoms with Crippen molar-refractivity contribution >= 4 is 5.91 Å². The quantitative estimate of drug-likeness (QED) is 0.889. The molecule has 0 spiro atoms. The summed E-state index contributed by atoms with van der Waals surface area (Å²) in [6.07, 6.45) is 7.28. The highest BCUT2D eigenvalue weighted by Crippen LogP contribution is 2.23. The van der Waals surface area contributed by atoms with Crippen LogP contribution in [-0.4, -0.2) is 33.4 Å². The number of hydrogen-bond donors (Lipinski definition) is 2. The van der Waals surface area contributed by atoms with Gasteiger partial charge in [-0.05, 0) is 48.9 Å². The number of aliphatic hydroxyl groups is 1. The van der Waals surface area contributed by atoms with Crippen LogP contribution >= 0.6 is 0 Å². The minimum absolute atomic E-state index is 0.0456. The van der Waals surface area contributed by atoms with E-state index in [0.717, 1.165) is 31.2 Å². The Hall–Kier alpha value is -2.14. The summed E-state index contributed by atoms with van der Waals surface area (Å²) < 4.78 is 1.85. The van der Waals surface area contributed by atoms with Gasteiger partial charge < -0.3 is 10.4 Å². The fraction of sp³-hybridized carbons (Fsp3) is 0.444. The molecule has 2 atom stereocenters. The van der Waals surface area contributed by atoms with Gasteiger partial charge in [-0.1, -0.05) is 18.6 Å². The van der Waals surface area contributed by atoms with Gasteiger partial charge in [0.2, 0.25) is 0 Å². The second-order valence-corrected chi connectivity index (χ2v) is 6.30. The van der Waals surface area contributed by atoms with Gasteiger partial charge in [0.05, 0.1) is 12.6 Å². The van der Waals surface area contributed by atoms with Gasteiger partial charge in [0.15, 0.2) is 0 Å². The Bertz CT molecular complexity index is 622. The molecule has 0 saturated heterocycles. The van der Waals surface area contributed by atoms with Crippen LogP contribution in [0.4, 0.5) is 0 Å². The molecule has 2 unspecified atom stereocenters. The van der Waals surface area contributed by atoms with Gasteiger partial charge in [0.1, 0.15) is 0 Å². The predicted octanol–water partition coefficient (Wildman–Crippen LogP) is 2.21. The Morgan fingerprint density at radius 2 is 2.13 bits per heavy atom. The number of nitrogens with one attached hydrogen (secondary N) is 1. The predicted molar refractivity (Wildman–Crippen MR) is 88.1 cm³/mol. The highest BCUT2D eigenvalue weighted by atomic mass is 16.3. The van der Waals surface area contributed by atoms with E-state index in [2.05, 4.69) is 10.4 Å². The lowest BCUT2D eigenvalue weighted by Gasteiger charge is -2.25. The van der Waals surface area contributed by atoms with Crippen molar-refractivity contribution < 1.29 is 9.90 Å². The third kappa shape index (κ3) is 4.42. The SMILES string of the molecule is O=C(NCC1CCCC(O)C1)c1ccc(Cn2cccn2)cc1. The minimum Gasteiger partial charge on any atom is -0.393 e. The van der Waals surface area contributed by atoms with Crippen LogP contribution in [0, 0.1) is 5.92 Å². The monoisotopic (exact) mass is 313 g/mol. The fourth-order valence-corrected chi connectivity index (χ4v) is 3.13. The first-order chi connectivity index (χ1) is 11.2. The molecule has 0 radical (unpaired) electrons. The molecule has 23 heavy (non-hydrogen) atoms. The zero-order valence-electron chi connectivity index (χ0n) is 13.2. The number of benzene rings is 1. The van der Waals surface area contributed by atoms with E-state index in [0.29, 0.717) is 24.6 Å². The molecule has 1 aliphatic rings. The Kier molecular flexibility index (Phi) is 5.08. The van der Waals surface area contributed by atoms with E-state index in [9.17, 15) is 9.90 Å². The lowest BCUT2D eigenvalue weighted by Crippen LogP contribution is -2.32. The molecule has 5 heteroatoms. The summed E-state index contributed by atoms with van der Waals surface area (Å²) in [6, 6.07) is 9.51. The van der Waals surface area contributed by atoms with Crippen LogP contribution in [0.25, 0.3) is 0 Å². The van der Waals surface area contributed by atoms with Crippen LogP contribution in [0.15, 0.2) is 42.7 Å². The molecule has 0 bridgehead atoms. The largest absolute Gasteiger partial charge is 0.393 e. The van der Waals surface area contributed by atoms with Crippen molar-refractivity contribution in [3.8, 4) is 0 Å². The number of nitrogens with zero attached hydrogens (tertiary/aromatic N) is 2. The van der Waals surface area contributed by atoms with Crippen molar-refractivity contribution in [2.45, 2.75) is 38.3 Å². The Morgan fingerprint density at radius 3 is 2.83 bits per heavy atom. The number of amides is 1. The van der Waals surface area contributed by atoms with Crippen molar-refractivity contribution in [3.63, 3.8) is 0 Å². The zero-order chi connectivity index (χ0) is 16.1. The number of aromatic nitrogens is 2. The maximum atomic E-state index is 12.2. The van der Waals surface area contributed by atoms with E-state index in [-0.39, 0.29) is 12.0 Å². The Morgan fingerprint density at radius 1 is 1.30 bits per heavy atom. The smallest absolute Gasteiger partial charge is 0.251 e. The summed E-state index contributed by atoms with van der Waals surface area (Å²) in [5.74, 6) is 0.345. The second kappa shape index (κ2) is 7.42. The van der Waals surface area contributed by atoms with Crippen LogP contribution in [0.3, 0.4) is 0 Å². The fourth-order valence-electron chi connectivity index (χ4n) is 3.13. The molecular weight excluding hydrogens is 290 g/mol. The summed E-state index contributed by atoms with van der Waals surface area (Å²) in [7, 11) is 0. The molecule has 1 saturated carbocycles. The third-order valence-corrected chi connectivity index (χ3v) is 4.43. The normalized spacial score (nSPS) is 21.1. The van der Waals surface area contributed by atoms with Crippen molar-refractivity contribution in [2.75, 3.05) is 6.54 Å². The topological polar surface area (TPSA) is 67.2 Å². The summed E-state index contributed by atoms with van der Waals surface area (Å²) >= 11 is 0. The molecule has 122 valence electrons. The number of rotatable bonds is 5. The minimum atomic E-state index is -0.202. The van der Waals surface area contributed by atoms with Crippen LogP contribution in [0.1, 0.15) is 41.6 Å². The number of carbonyl (C=O) groups is 1. The van der Waals surface area contributed by atoms with Gasteiger partial charge >= 0.3 is 0 Å². The van der Waals surface area contributed by atoms with E-state index in [1.54, 1.807) is 6.20 Å². The van der Waals surface area contributed by atoms with Crippen LogP contribution < -0.4 is 5.32 Å². The maximum absolute atomic E-state index is 12.2. The van der Waals surface area contributed by atoms with Crippen molar-refractivity contribution in [2.24, 2.45) is 5.92 Å². The van der Waals surface area contributed by atoms with Gasteiger partial charge in [-0.3, -0.25) is 9.48 Å². The number of hydrogen-bond acceptors (Lipinski definition) is 3. The van der Waals surface area contributed by atoms with E-state index in [1.165, 1.54) is 0 Å². The molecular formula is C18H23N3O2. The molecule has 1 amide bonds. The molecule has 2 N–H and O–H groups in total.